The first-order chi connectivity index (χ1) is 9.20. The Labute approximate surface area is 119 Å². The third kappa shape index (κ3) is 3.72. The number of para-hydroxylation sites is 1. The Morgan fingerprint density at radius 2 is 1.95 bits per heavy atom. The maximum absolute atomic E-state index is 6.29. The van der Waals surface area contributed by atoms with Crippen LogP contribution in [0.2, 0.25) is 5.02 Å². The fourth-order valence-corrected chi connectivity index (χ4v) is 2.31. The van der Waals surface area contributed by atoms with Crippen LogP contribution in [0.3, 0.4) is 0 Å². The summed E-state index contributed by atoms with van der Waals surface area (Å²) in [7, 11) is 0. The van der Waals surface area contributed by atoms with Crippen LogP contribution < -0.4 is 10.5 Å². The van der Waals surface area contributed by atoms with Crippen molar-refractivity contribution in [2.45, 2.75) is 19.4 Å². The van der Waals surface area contributed by atoms with Gasteiger partial charge in [0, 0.05) is 16.6 Å². The molecule has 19 heavy (non-hydrogen) atoms. The van der Waals surface area contributed by atoms with Crippen LogP contribution in [0.4, 0.5) is 0 Å². The lowest BCUT2D eigenvalue weighted by Crippen LogP contribution is -2.14. The molecule has 0 saturated carbocycles. The molecule has 0 aromatic heterocycles. The molecule has 100 valence electrons. The third-order valence-electron chi connectivity index (χ3n) is 2.96. The number of ether oxygens (including phenoxy) is 1. The summed E-state index contributed by atoms with van der Waals surface area (Å²) in [6, 6.07) is 15.6. The van der Waals surface area contributed by atoms with Crippen molar-refractivity contribution in [1.29, 1.82) is 0 Å². The number of halogens is 1. The number of nitrogens with two attached hydrogens (primary N) is 1. The Kier molecular flexibility index (Phi) is 4.83. The maximum atomic E-state index is 6.29. The van der Waals surface area contributed by atoms with E-state index in [-0.39, 0.29) is 6.04 Å². The molecule has 0 heterocycles. The SMILES string of the molecule is CCOc1ccccc1C(N)Cc1cccc(Cl)c1. The Balaban J connectivity index is 2.17. The van der Waals surface area contributed by atoms with Crippen LogP contribution in [0, 0.1) is 0 Å². The number of benzene rings is 2. The average Bonchev–Trinajstić information content (AvgIpc) is 2.39. The smallest absolute Gasteiger partial charge is 0.124 e. The van der Waals surface area contributed by atoms with Crippen LogP contribution in [0.25, 0.3) is 0 Å². The van der Waals surface area contributed by atoms with Crippen LogP contribution in [-0.2, 0) is 6.42 Å². The Hall–Kier alpha value is -1.51. The van der Waals surface area contributed by atoms with Gasteiger partial charge in [-0.2, -0.15) is 0 Å². The standard InChI is InChI=1S/C16H18ClNO/c1-2-19-16-9-4-3-8-14(16)15(18)11-12-6-5-7-13(17)10-12/h3-10,15H,2,11,18H2,1H3. The van der Waals surface area contributed by atoms with E-state index in [0.717, 1.165) is 28.3 Å². The zero-order chi connectivity index (χ0) is 13.7. The van der Waals surface area contributed by atoms with Gasteiger partial charge in [0.2, 0.25) is 0 Å². The second-order valence-corrected chi connectivity index (χ2v) is 4.85. The highest BCUT2D eigenvalue weighted by molar-refractivity contribution is 6.30. The van der Waals surface area contributed by atoms with Gasteiger partial charge in [-0.05, 0) is 37.1 Å². The van der Waals surface area contributed by atoms with Gasteiger partial charge in [-0.1, -0.05) is 41.9 Å². The largest absolute Gasteiger partial charge is 0.494 e. The minimum atomic E-state index is -0.0961. The van der Waals surface area contributed by atoms with Gasteiger partial charge in [0.15, 0.2) is 0 Å². The summed E-state index contributed by atoms with van der Waals surface area (Å²) in [4.78, 5) is 0. The summed E-state index contributed by atoms with van der Waals surface area (Å²) >= 11 is 5.99. The van der Waals surface area contributed by atoms with E-state index in [1.54, 1.807) is 0 Å². The van der Waals surface area contributed by atoms with E-state index in [4.69, 9.17) is 22.1 Å². The monoisotopic (exact) mass is 275 g/mol. The third-order valence-corrected chi connectivity index (χ3v) is 3.20. The Morgan fingerprint density at radius 1 is 1.16 bits per heavy atom. The van der Waals surface area contributed by atoms with Crippen molar-refractivity contribution in [3.05, 3.63) is 64.7 Å². The molecule has 2 aromatic rings. The predicted molar refractivity (Wildman–Crippen MR) is 79.7 cm³/mol. The molecule has 1 atom stereocenters. The van der Waals surface area contributed by atoms with E-state index in [9.17, 15) is 0 Å². The van der Waals surface area contributed by atoms with Crippen molar-refractivity contribution in [1.82, 2.24) is 0 Å². The van der Waals surface area contributed by atoms with E-state index in [2.05, 4.69) is 0 Å². The van der Waals surface area contributed by atoms with Gasteiger partial charge in [0.25, 0.3) is 0 Å². The maximum Gasteiger partial charge on any atom is 0.124 e. The van der Waals surface area contributed by atoms with E-state index in [1.807, 2.05) is 55.5 Å². The molecule has 0 bridgehead atoms. The molecule has 2 aromatic carbocycles. The fraction of sp³-hybridized carbons (Fsp3) is 0.250. The van der Waals surface area contributed by atoms with Crippen molar-refractivity contribution in [3.8, 4) is 5.75 Å². The van der Waals surface area contributed by atoms with Crippen LogP contribution in [-0.4, -0.2) is 6.61 Å². The summed E-state index contributed by atoms with van der Waals surface area (Å²) in [5, 5.41) is 0.739. The van der Waals surface area contributed by atoms with Gasteiger partial charge in [0.1, 0.15) is 5.75 Å². The van der Waals surface area contributed by atoms with Crippen molar-refractivity contribution in [3.63, 3.8) is 0 Å². The van der Waals surface area contributed by atoms with E-state index in [1.165, 1.54) is 0 Å². The lowest BCUT2D eigenvalue weighted by atomic mass is 9.99. The summed E-state index contributed by atoms with van der Waals surface area (Å²) < 4.78 is 5.61. The second-order valence-electron chi connectivity index (χ2n) is 4.41. The van der Waals surface area contributed by atoms with Crippen molar-refractivity contribution >= 4 is 11.6 Å². The highest BCUT2D eigenvalue weighted by Crippen LogP contribution is 2.26. The molecule has 2 N–H and O–H groups in total. The van der Waals surface area contributed by atoms with Gasteiger partial charge < -0.3 is 10.5 Å². The first-order valence-corrected chi connectivity index (χ1v) is 6.80. The Morgan fingerprint density at radius 3 is 2.68 bits per heavy atom. The first-order valence-electron chi connectivity index (χ1n) is 6.42. The average molecular weight is 276 g/mol. The molecule has 0 spiro atoms. The molecule has 0 amide bonds. The number of rotatable bonds is 5. The van der Waals surface area contributed by atoms with Crippen LogP contribution >= 0.6 is 11.6 Å². The molecule has 0 saturated heterocycles. The minimum Gasteiger partial charge on any atom is -0.494 e. The quantitative estimate of drug-likeness (QED) is 0.896. The second kappa shape index (κ2) is 6.60. The van der Waals surface area contributed by atoms with Crippen molar-refractivity contribution < 1.29 is 4.74 Å². The molecule has 1 unspecified atom stereocenters. The molecule has 3 heteroatoms. The molecule has 0 fully saturated rings. The molecule has 2 rings (SSSR count). The predicted octanol–water partition coefficient (Wildman–Crippen LogP) is 3.98. The summed E-state index contributed by atoms with van der Waals surface area (Å²) in [5.41, 5.74) is 8.45. The van der Waals surface area contributed by atoms with E-state index in [0.29, 0.717) is 6.61 Å². The normalized spacial score (nSPS) is 12.2. The van der Waals surface area contributed by atoms with Gasteiger partial charge in [-0.3, -0.25) is 0 Å². The Bertz CT molecular complexity index is 542. The van der Waals surface area contributed by atoms with Gasteiger partial charge >= 0.3 is 0 Å². The highest BCUT2D eigenvalue weighted by atomic mass is 35.5. The first kappa shape index (κ1) is 13.9. The summed E-state index contributed by atoms with van der Waals surface area (Å²) in [6.07, 6.45) is 0.741. The topological polar surface area (TPSA) is 35.2 Å². The molecular weight excluding hydrogens is 258 g/mol. The van der Waals surface area contributed by atoms with Gasteiger partial charge in [-0.25, -0.2) is 0 Å². The minimum absolute atomic E-state index is 0.0961. The van der Waals surface area contributed by atoms with E-state index >= 15 is 0 Å². The number of hydrogen-bond donors (Lipinski definition) is 1. The molecule has 0 aliphatic rings. The highest BCUT2D eigenvalue weighted by Gasteiger charge is 2.12. The van der Waals surface area contributed by atoms with E-state index < -0.39 is 0 Å². The fourth-order valence-electron chi connectivity index (χ4n) is 2.10. The lowest BCUT2D eigenvalue weighted by molar-refractivity contribution is 0.334. The lowest BCUT2D eigenvalue weighted by Gasteiger charge is -2.16. The van der Waals surface area contributed by atoms with Crippen LogP contribution in [0.1, 0.15) is 24.1 Å². The van der Waals surface area contributed by atoms with Crippen molar-refractivity contribution in [2.75, 3.05) is 6.61 Å². The summed E-state index contributed by atoms with van der Waals surface area (Å²) in [6.45, 7) is 2.61. The zero-order valence-electron chi connectivity index (χ0n) is 11.0. The van der Waals surface area contributed by atoms with Crippen LogP contribution in [0.5, 0.6) is 5.75 Å². The zero-order valence-corrected chi connectivity index (χ0v) is 11.7. The molecule has 2 nitrogen and oxygen atoms in total. The molecule has 0 radical (unpaired) electrons. The molecular formula is C16H18ClNO. The van der Waals surface area contributed by atoms with Crippen molar-refractivity contribution in [2.24, 2.45) is 5.73 Å². The van der Waals surface area contributed by atoms with Gasteiger partial charge in [-0.15, -0.1) is 0 Å². The summed E-state index contributed by atoms with van der Waals surface area (Å²) in [5.74, 6) is 0.861. The molecule has 0 aliphatic carbocycles. The van der Waals surface area contributed by atoms with Gasteiger partial charge in [0.05, 0.1) is 6.61 Å². The number of hydrogen-bond acceptors (Lipinski definition) is 2. The van der Waals surface area contributed by atoms with Crippen LogP contribution in [0.15, 0.2) is 48.5 Å². The molecule has 0 aliphatic heterocycles.